The highest BCUT2D eigenvalue weighted by Gasteiger charge is 2.39. The molecule has 0 bridgehead atoms. The molecule has 1 aliphatic heterocycles. The van der Waals surface area contributed by atoms with Crippen LogP contribution in [-0.4, -0.2) is 35.9 Å². The maximum atomic E-state index is 11.6. The number of hydrogen-bond donors (Lipinski definition) is 1. The number of hydrogen-bond acceptors (Lipinski definition) is 5. The average Bonchev–Trinajstić information content (AvgIpc) is 2.62. The first-order valence-corrected chi connectivity index (χ1v) is 4.79. The Kier molecular flexibility index (Phi) is 2.87. The van der Waals surface area contributed by atoms with Crippen LogP contribution in [0.4, 0.5) is 0 Å². The van der Waals surface area contributed by atoms with Gasteiger partial charge >= 0.3 is 11.9 Å². The lowest BCUT2D eigenvalue weighted by Crippen LogP contribution is -2.32. The van der Waals surface area contributed by atoms with Gasteiger partial charge in [0.1, 0.15) is 12.7 Å². The summed E-state index contributed by atoms with van der Waals surface area (Å²) in [7, 11) is 0. The molecule has 1 heterocycles. The van der Waals surface area contributed by atoms with Crippen LogP contribution in [0.2, 0.25) is 0 Å². The fourth-order valence-corrected chi connectivity index (χ4v) is 1.38. The highest BCUT2D eigenvalue weighted by molar-refractivity contribution is 5.91. The van der Waals surface area contributed by atoms with Crippen molar-refractivity contribution in [2.45, 2.75) is 12.2 Å². The zero-order valence-corrected chi connectivity index (χ0v) is 8.33. The van der Waals surface area contributed by atoms with Crippen molar-refractivity contribution in [1.82, 2.24) is 0 Å². The van der Waals surface area contributed by atoms with Gasteiger partial charge in [-0.15, -0.1) is 0 Å². The fraction of sp³-hybridized carbons (Fsp3) is 0.273. The number of rotatable bonds is 2. The Labute approximate surface area is 91.6 Å². The third-order valence-electron chi connectivity index (χ3n) is 2.22. The van der Waals surface area contributed by atoms with E-state index in [2.05, 4.69) is 4.74 Å². The van der Waals surface area contributed by atoms with E-state index in [1.165, 1.54) is 0 Å². The first-order valence-electron chi connectivity index (χ1n) is 4.79. The van der Waals surface area contributed by atoms with Crippen LogP contribution in [0.3, 0.4) is 0 Å². The molecule has 1 saturated heterocycles. The molecule has 1 aromatic carbocycles. The van der Waals surface area contributed by atoms with Crippen LogP contribution in [0.15, 0.2) is 30.3 Å². The average molecular weight is 222 g/mol. The third-order valence-corrected chi connectivity index (χ3v) is 2.22. The maximum absolute atomic E-state index is 11.6. The quantitative estimate of drug-likeness (QED) is 0.720. The minimum atomic E-state index is -1.22. The van der Waals surface area contributed by atoms with Gasteiger partial charge in [-0.2, -0.15) is 0 Å². The molecule has 0 aliphatic carbocycles. The third kappa shape index (κ3) is 2.04. The van der Waals surface area contributed by atoms with E-state index in [0.717, 1.165) is 0 Å². The van der Waals surface area contributed by atoms with Crippen molar-refractivity contribution in [1.29, 1.82) is 0 Å². The van der Waals surface area contributed by atoms with Crippen molar-refractivity contribution in [3.63, 3.8) is 0 Å². The number of cyclic esters (lactones) is 1. The molecular weight excluding hydrogens is 212 g/mol. The number of carbonyl (C=O) groups is 2. The first-order chi connectivity index (χ1) is 7.68. The smallest absolute Gasteiger partial charge is 0.350 e. The number of carbonyl (C=O) groups excluding carboxylic acids is 2. The molecule has 0 radical (unpaired) electrons. The summed E-state index contributed by atoms with van der Waals surface area (Å²) in [6.45, 7) is -0.133. The highest BCUT2D eigenvalue weighted by atomic mass is 16.6. The second-order valence-corrected chi connectivity index (χ2v) is 3.39. The van der Waals surface area contributed by atoms with Gasteiger partial charge in [0.05, 0.1) is 5.56 Å². The maximum Gasteiger partial charge on any atom is 0.350 e. The summed E-state index contributed by atoms with van der Waals surface area (Å²) in [5.41, 5.74) is 0.328. The van der Waals surface area contributed by atoms with E-state index in [1.807, 2.05) is 0 Å². The fourth-order valence-electron chi connectivity index (χ4n) is 1.38. The Morgan fingerprint density at radius 3 is 2.62 bits per heavy atom. The SMILES string of the molecule is O=C(O[C@H]1C(=O)OC[C@@H]1O)c1ccccc1. The summed E-state index contributed by atoms with van der Waals surface area (Å²) in [5.74, 6) is -1.36. The van der Waals surface area contributed by atoms with Crippen molar-refractivity contribution >= 4 is 11.9 Å². The summed E-state index contributed by atoms with van der Waals surface area (Å²) in [6, 6.07) is 8.25. The predicted octanol–water partition coefficient (Wildman–Crippen LogP) is 0.130. The molecule has 1 N–H and O–H groups in total. The van der Waals surface area contributed by atoms with Crippen LogP contribution in [0.25, 0.3) is 0 Å². The summed E-state index contributed by atoms with van der Waals surface area (Å²) >= 11 is 0. The van der Waals surface area contributed by atoms with E-state index in [4.69, 9.17) is 4.74 Å². The van der Waals surface area contributed by atoms with Gasteiger partial charge in [-0.1, -0.05) is 18.2 Å². The second-order valence-electron chi connectivity index (χ2n) is 3.39. The monoisotopic (exact) mass is 222 g/mol. The Balaban J connectivity index is 2.05. The van der Waals surface area contributed by atoms with Crippen LogP contribution in [0.1, 0.15) is 10.4 Å². The largest absolute Gasteiger partial charge is 0.460 e. The van der Waals surface area contributed by atoms with Gasteiger partial charge in [0.25, 0.3) is 0 Å². The summed E-state index contributed by atoms with van der Waals surface area (Å²) in [4.78, 5) is 22.6. The molecule has 0 amide bonds. The van der Waals surface area contributed by atoms with Gasteiger partial charge in [-0.3, -0.25) is 0 Å². The van der Waals surface area contributed by atoms with E-state index in [9.17, 15) is 14.7 Å². The van der Waals surface area contributed by atoms with E-state index in [1.54, 1.807) is 30.3 Å². The van der Waals surface area contributed by atoms with Crippen LogP contribution in [-0.2, 0) is 14.3 Å². The molecular formula is C11H10O5. The minimum absolute atomic E-state index is 0.133. The molecule has 5 nitrogen and oxygen atoms in total. The predicted molar refractivity (Wildman–Crippen MR) is 52.6 cm³/mol. The van der Waals surface area contributed by atoms with Crippen LogP contribution < -0.4 is 0 Å². The van der Waals surface area contributed by atoms with Gasteiger partial charge in [0.2, 0.25) is 6.10 Å². The number of benzene rings is 1. The van der Waals surface area contributed by atoms with Crippen LogP contribution in [0.5, 0.6) is 0 Å². The number of aliphatic hydroxyl groups is 1. The van der Waals surface area contributed by atoms with E-state index >= 15 is 0 Å². The number of aliphatic hydroxyl groups excluding tert-OH is 1. The zero-order chi connectivity index (χ0) is 11.5. The Morgan fingerprint density at radius 2 is 2.06 bits per heavy atom. The molecule has 0 unspecified atom stereocenters. The van der Waals surface area contributed by atoms with Gasteiger partial charge in [0.15, 0.2) is 0 Å². The molecule has 1 fully saturated rings. The Hall–Kier alpha value is -1.88. The van der Waals surface area contributed by atoms with Gasteiger partial charge < -0.3 is 14.6 Å². The van der Waals surface area contributed by atoms with Crippen molar-refractivity contribution in [2.24, 2.45) is 0 Å². The molecule has 0 aromatic heterocycles. The lowest BCUT2D eigenvalue weighted by atomic mass is 10.2. The molecule has 0 spiro atoms. The molecule has 0 saturated carbocycles. The number of ether oxygens (including phenoxy) is 2. The summed E-state index contributed by atoms with van der Waals surface area (Å²) in [6.07, 6.45) is -2.30. The van der Waals surface area contributed by atoms with Crippen molar-refractivity contribution in [3.8, 4) is 0 Å². The van der Waals surface area contributed by atoms with E-state index in [-0.39, 0.29) is 6.61 Å². The second kappa shape index (κ2) is 4.32. The lowest BCUT2D eigenvalue weighted by molar-refractivity contribution is -0.145. The van der Waals surface area contributed by atoms with E-state index in [0.29, 0.717) is 5.56 Å². The van der Waals surface area contributed by atoms with Crippen molar-refractivity contribution < 1.29 is 24.2 Å². The molecule has 5 heteroatoms. The molecule has 2 atom stereocenters. The Morgan fingerprint density at radius 1 is 1.38 bits per heavy atom. The summed E-state index contributed by atoms with van der Waals surface area (Å²) < 4.78 is 9.41. The molecule has 1 aromatic rings. The lowest BCUT2D eigenvalue weighted by Gasteiger charge is -2.11. The minimum Gasteiger partial charge on any atom is -0.460 e. The Bertz CT molecular complexity index is 400. The standard InChI is InChI=1S/C11H10O5/c12-8-6-15-11(14)9(8)16-10(13)7-4-2-1-3-5-7/h1-5,8-9,12H,6H2/t8-,9+/m0/s1. The first kappa shape index (κ1) is 10.6. The van der Waals surface area contributed by atoms with Gasteiger partial charge in [-0.05, 0) is 12.1 Å². The molecule has 84 valence electrons. The van der Waals surface area contributed by atoms with Gasteiger partial charge in [-0.25, -0.2) is 9.59 Å². The molecule has 2 rings (SSSR count). The normalized spacial score (nSPS) is 23.9. The van der Waals surface area contributed by atoms with Gasteiger partial charge in [0, 0.05) is 0 Å². The van der Waals surface area contributed by atoms with Crippen molar-refractivity contribution in [2.75, 3.05) is 6.61 Å². The topological polar surface area (TPSA) is 72.8 Å². The zero-order valence-electron chi connectivity index (χ0n) is 8.33. The van der Waals surface area contributed by atoms with Crippen molar-refractivity contribution in [3.05, 3.63) is 35.9 Å². The number of esters is 2. The molecule has 1 aliphatic rings. The van der Waals surface area contributed by atoms with Crippen LogP contribution >= 0.6 is 0 Å². The molecule has 16 heavy (non-hydrogen) atoms. The van der Waals surface area contributed by atoms with E-state index < -0.39 is 24.1 Å². The highest BCUT2D eigenvalue weighted by Crippen LogP contribution is 2.13. The van der Waals surface area contributed by atoms with Crippen LogP contribution in [0, 0.1) is 0 Å². The summed E-state index contributed by atoms with van der Waals surface area (Å²) in [5, 5.41) is 9.33.